The number of likely N-dealkylation sites (tertiary alicyclic amines) is 1. The van der Waals surface area contributed by atoms with E-state index in [-0.39, 0.29) is 5.92 Å². The van der Waals surface area contributed by atoms with Crippen molar-refractivity contribution in [2.45, 2.75) is 25.4 Å². The van der Waals surface area contributed by atoms with Crippen molar-refractivity contribution in [3.05, 3.63) is 23.8 Å². The highest BCUT2D eigenvalue weighted by Gasteiger charge is 2.29. The topological polar surface area (TPSA) is 29.0 Å². The Morgan fingerprint density at radius 1 is 1.40 bits per heavy atom. The lowest BCUT2D eigenvalue weighted by molar-refractivity contribution is 0.139. The minimum Gasteiger partial charge on any atom is -0.303 e. The number of piperidine rings is 1. The average Bonchev–Trinajstić information content (AvgIpc) is 2.20. The number of hydrogen-bond donors (Lipinski definition) is 0. The summed E-state index contributed by atoms with van der Waals surface area (Å²) in [5.41, 5.74) is 0.932. The molecule has 0 bridgehead atoms. The molecule has 0 aliphatic carbocycles. The van der Waals surface area contributed by atoms with Gasteiger partial charge < -0.3 is 4.90 Å². The van der Waals surface area contributed by atoms with E-state index in [1.165, 1.54) is 0 Å². The van der Waals surface area contributed by atoms with Gasteiger partial charge in [-0.1, -0.05) is 0 Å². The molecule has 1 aliphatic rings. The molecule has 82 valence electrons. The third kappa shape index (κ3) is 2.31. The molecule has 2 rings (SSSR count). The van der Waals surface area contributed by atoms with Gasteiger partial charge in [0.2, 0.25) is 0 Å². The van der Waals surface area contributed by atoms with E-state index in [9.17, 15) is 4.39 Å². The van der Waals surface area contributed by atoms with Crippen molar-refractivity contribution in [3.8, 4) is 0 Å². The van der Waals surface area contributed by atoms with Gasteiger partial charge in [-0.2, -0.15) is 0 Å². The van der Waals surface area contributed by atoms with Gasteiger partial charge in [0.25, 0.3) is 0 Å². The first-order valence-electron chi connectivity index (χ1n) is 5.28. The SMILES string of the molecule is Cc1ncc([C@@H]2CCN(C)C[C@@H]2F)cn1. The van der Waals surface area contributed by atoms with Crippen molar-refractivity contribution in [2.24, 2.45) is 0 Å². The molecule has 2 atom stereocenters. The molecular weight excluding hydrogens is 193 g/mol. The van der Waals surface area contributed by atoms with E-state index in [0.717, 1.165) is 24.4 Å². The second-order valence-corrected chi connectivity index (χ2v) is 4.24. The molecule has 1 fully saturated rings. The first-order valence-corrected chi connectivity index (χ1v) is 5.28. The highest BCUT2D eigenvalue weighted by molar-refractivity contribution is 5.15. The molecule has 3 nitrogen and oxygen atoms in total. The smallest absolute Gasteiger partial charge is 0.125 e. The molecule has 0 spiro atoms. The minimum absolute atomic E-state index is 0.0261. The van der Waals surface area contributed by atoms with Gasteiger partial charge in [0.15, 0.2) is 0 Å². The number of aromatic nitrogens is 2. The van der Waals surface area contributed by atoms with Crippen LogP contribution in [0.25, 0.3) is 0 Å². The summed E-state index contributed by atoms with van der Waals surface area (Å²) in [4.78, 5) is 10.3. The molecule has 0 unspecified atom stereocenters. The van der Waals surface area contributed by atoms with Crippen LogP contribution in [-0.4, -0.2) is 41.2 Å². The maximum absolute atomic E-state index is 13.8. The molecule has 4 heteroatoms. The van der Waals surface area contributed by atoms with E-state index in [4.69, 9.17) is 0 Å². The van der Waals surface area contributed by atoms with Crippen LogP contribution >= 0.6 is 0 Å². The third-order valence-corrected chi connectivity index (χ3v) is 2.97. The van der Waals surface area contributed by atoms with E-state index >= 15 is 0 Å². The Labute approximate surface area is 89.3 Å². The van der Waals surface area contributed by atoms with Gasteiger partial charge in [-0.25, -0.2) is 14.4 Å². The Balaban J connectivity index is 2.13. The van der Waals surface area contributed by atoms with Crippen LogP contribution in [0.4, 0.5) is 4.39 Å². The number of halogens is 1. The molecule has 0 amide bonds. The van der Waals surface area contributed by atoms with Crippen LogP contribution in [0.15, 0.2) is 12.4 Å². The van der Waals surface area contributed by atoms with E-state index < -0.39 is 6.17 Å². The van der Waals surface area contributed by atoms with Gasteiger partial charge in [-0.05, 0) is 32.5 Å². The Kier molecular flexibility index (Phi) is 2.95. The number of nitrogens with zero attached hydrogens (tertiary/aromatic N) is 3. The molecule has 0 N–H and O–H groups in total. The van der Waals surface area contributed by atoms with Crippen molar-refractivity contribution >= 4 is 0 Å². The maximum atomic E-state index is 13.8. The summed E-state index contributed by atoms with van der Waals surface area (Å²) < 4.78 is 13.8. The van der Waals surface area contributed by atoms with E-state index in [0.29, 0.717) is 6.54 Å². The molecule has 1 saturated heterocycles. The Bertz CT molecular complexity index is 325. The second kappa shape index (κ2) is 4.23. The van der Waals surface area contributed by atoms with Crippen molar-refractivity contribution in [1.82, 2.24) is 14.9 Å². The zero-order valence-electron chi connectivity index (χ0n) is 9.15. The summed E-state index contributed by atoms with van der Waals surface area (Å²) in [6.45, 7) is 3.29. The number of hydrogen-bond acceptors (Lipinski definition) is 3. The lowest BCUT2D eigenvalue weighted by Gasteiger charge is -2.32. The summed E-state index contributed by atoms with van der Waals surface area (Å²) in [6, 6.07) is 0. The van der Waals surface area contributed by atoms with E-state index in [1.807, 2.05) is 18.9 Å². The van der Waals surface area contributed by atoms with Crippen LogP contribution in [0, 0.1) is 6.92 Å². The van der Waals surface area contributed by atoms with Crippen LogP contribution in [0.3, 0.4) is 0 Å². The van der Waals surface area contributed by atoms with Crippen LogP contribution in [0.2, 0.25) is 0 Å². The monoisotopic (exact) mass is 209 g/mol. The van der Waals surface area contributed by atoms with Crippen molar-refractivity contribution in [3.63, 3.8) is 0 Å². The Hall–Kier alpha value is -1.03. The van der Waals surface area contributed by atoms with Crippen molar-refractivity contribution in [1.29, 1.82) is 0 Å². The predicted octanol–water partition coefficient (Wildman–Crippen LogP) is 1.54. The van der Waals surface area contributed by atoms with Gasteiger partial charge in [0, 0.05) is 24.9 Å². The number of alkyl halides is 1. The van der Waals surface area contributed by atoms with Gasteiger partial charge in [-0.3, -0.25) is 0 Å². The van der Waals surface area contributed by atoms with Crippen LogP contribution in [0.1, 0.15) is 23.7 Å². The second-order valence-electron chi connectivity index (χ2n) is 4.24. The number of aryl methyl sites for hydroxylation is 1. The van der Waals surface area contributed by atoms with Crippen LogP contribution < -0.4 is 0 Å². The van der Waals surface area contributed by atoms with Crippen molar-refractivity contribution < 1.29 is 4.39 Å². The molecule has 0 radical (unpaired) electrons. The first kappa shape index (κ1) is 10.5. The van der Waals surface area contributed by atoms with Crippen LogP contribution in [-0.2, 0) is 0 Å². The first-order chi connectivity index (χ1) is 7.16. The third-order valence-electron chi connectivity index (χ3n) is 2.97. The Morgan fingerprint density at radius 2 is 2.07 bits per heavy atom. The maximum Gasteiger partial charge on any atom is 0.125 e. The molecule has 1 aliphatic heterocycles. The highest BCUT2D eigenvalue weighted by Crippen LogP contribution is 2.28. The molecule has 1 aromatic rings. The standard InChI is InChI=1S/C11H16FN3/c1-8-13-5-9(6-14-8)10-3-4-15(2)7-11(10)12/h5-6,10-11H,3-4,7H2,1-2H3/t10-,11-/m0/s1. The molecule has 1 aromatic heterocycles. The van der Waals surface area contributed by atoms with Crippen molar-refractivity contribution in [2.75, 3.05) is 20.1 Å². The molecule has 0 aromatic carbocycles. The normalized spacial score (nSPS) is 27.9. The Morgan fingerprint density at radius 3 is 2.67 bits per heavy atom. The molecule has 2 heterocycles. The molecular formula is C11H16FN3. The average molecular weight is 209 g/mol. The van der Waals surface area contributed by atoms with Crippen LogP contribution in [0.5, 0.6) is 0 Å². The van der Waals surface area contributed by atoms with E-state index in [2.05, 4.69) is 9.97 Å². The summed E-state index contributed by atoms with van der Waals surface area (Å²) in [5.74, 6) is 0.712. The summed E-state index contributed by atoms with van der Waals surface area (Å²) in [6.07, 6.45) is 3.56. The lowest BCUT2D eigenvalue weighted by atomic mass is 9.90. The summed E-state index contributed by atoms with van der Waals surface area (Å²) >= 11 is 0. The van der Waals surface area contributed by atoms with Gasteiger partial charge in [0.05, 0.1) is 0 Å². The zero-order valence-corrected chi connectivity index (χ0v) is 9.15. The fraction of sp³-hybridized carbons (Fsp3) is 0.636. The van der Waals surface area contributed by atoms with Gasteiger partial charge >= 0.3 is 0 Å². The molecule has 0 saturated carbocycles. The predicted molar refractivity (Wildman–Crippen MR) is 56.5 cm³/mol. The summed E-state index contributed by atoms with van der Waals surface area (Å²) in [5, 5.41) is 0. The highest BCUT2D eigenvalue weighted by atomic mass is 19.1. The lowest BCUT2D eigenvalue weighted by Crippen LogP contribution is -2.38. The van der Waals surface area contributed by atoms with Gasteiger partial charge in [-0.15, -0.1) is 0 Å². The zero-order chi connectivity index (χ0) is 10.8. The summed E-state index contributed by atoms with van der Waals surface area (Å²) in [7, 11) is 1.95. The largest absolute Gasteiger partial charge is 0.303 e. The fourth-order valence-corrected chi connectivity index (χ4v) is 2.03. The fourth-order valence-electron chi connectivity index (χ4n) is 2.03. The van der Waals surface area contributed by atoms with E-state index in [1.54, 1.807) is 12.4 Å². The molecule has 15 heavy (non-hydrogen) atoms. The number of rotatable bonds is 1. The minimum atomic E-state index is -0.796. The van der Waals surface area contributed by atoms with Gasteiger partial charge in [0.1, 0.15) is 12.0 Å². The quantitative estimate of drug-likeness (QED) is 0.702.